The standard InChI is InChI=1S/C26H27N3O3/c1-4-14-28-20-13-9-8-12-18(20)26(25(28)32)22-21(19(27-26)15-16(2)3)23(30)29(24(22)31)17-10-6-5-7-11-17/h4-13,16,19,21-22,27H,1,14-15H2,2-3H3/p+1/t19-,21-,22-,26-/m0/s1. The third-order valence-electron chi connectivity index (χ3n) is 7.09. The number of carbonyl (C=O) groups excluding carboxylic acids is 3. The van der Waals surface area contributed by atoms with E-state index in [0.717, 1.165) is 17.7 Å². The van der Waals surface area contributed by atoms with Gasteiger partial charge in [-0.05, 0) is 24.1 Å². The average molecular weight is 431 g/mol. The number of imide groups is 1. The number of amides is 3. The van der Waals surface area contributed by atoms with Crippen LogP contribution in [0.5, 0.6) is 0 Å². The van der Waals surface area contributed by atoms with E-state index in [1.807, 2.05) is 47.8 Å². The Bertz CT molecular complexity index is 1110. The van der Waals surface area contributed by atoms with Crippen molar-refractivity contribution in [3.05, 3.63) is 72.8 Å². The molecule has 4 atom stereocenters. The molecule has 0 bridgehead atoms. The maximum atomic E-state index is 14.0. The van der Waals surface area contributed by atoms with Gasteiger partial charge < -0.3 is 10.2 Å². The summed E-state index contributed by atoms with van der Waals surface area (Å²) in [7, 11) is 0. The van der Waals surface area contributed by atoms with Crippen LogP contribution in [0.2, 0.25) is 0 Å². The molecule has 0 aromatic heterocycles. The smallest absolute Gasteiger partial charge is 0.294 e. The van der Waals surface area contributed by atoms with Crippen molar-refractivity contribution in [1.82, 2.24) is 0 Å². The maximum absolute atomic E-state index is 14.0. The molecule has 0 radical (unpaired) electrons. The van der Waals surface area contributed by atoms with Gasteiger partial charge in [-0.15, -0.1) is 6.58 Å². The van der Waals surface area contributed by atoms with Gasteiger partial charge in [0.1, 0.15) is 17.9 Å². The molecule has 2 fully saturated rings. The van der Waals surface area contributed by atoms with E-state index < -0.39 is 17.4 Å². The summed E-state index contributed by atoms with van der Waals surface area (Å²) >= 11 is 0. The van der Waals surface area contributed by atoms with Gasteiger partial charge in [0.05, 0.1) is 11.4 Å². The SMILES string of the molecule is C=CCN1C(=O)[C@]2([NH2+][C@@H](CC(C)C)[C@@H]3C(=O)N(c4ccccc4)C(=O)[C@H]32)c2ccccc21. The summed E-state index contributed by atoms with van der Waals surface area (Å²) in [6, 6.07) is 16.6. The van der Waals surface area contributed by atoms with Crippen LogP contribution in [-0.2, 0) is 19.9 Å². The molecule has 3 aliphatic rings. The molecule has 3 amide bonds. The molecular formula is C26H28N3O3+. The van der Waals surface area contributed by atoms with Gasteiger partial charge in [-0.2, -0.15) is 0 Å². The van der Waals surface area contributed by atoms with E-state index in [0.29, 0.717) is 18.2 Å². The van der Waals surface area contributed by atoms with Gasteiger partial charge >= 0.3 is 0 Å². The van der Waals surface area contributed by atoms with E-state index in [4.69, 9.17) is 0 Å². The van der Waals surface area contributed by atoms with Crippen LogP contribution in [0.25, 0.3) is 0 Å². The predicted molar refractivity (Wildman–Crippen MR) is 122 cm³/mol. The van der Waals surface area contributed by atoms with Crippen LogP contribution in [0, 0.1) is 17.8 Å². The summed E-state index contributed by atoms with van der Waals surface area (Å²) in [5, 5.41) is 2.03. The number of hydrogen-bond acceptors (Lipinski definition) is 3. The van der Waals surface area contributed by atoms with Crippen molar-refractivity contribution in [2.24, 2.45) is 17.8 Å². The largest absolute Gasteiger partial charge is 0.326 e. The highest BCUT2D eigenvalue weighted by atomic mass is 16.2. The highest BCUT2D eigenvalue weighted by Gasteiger charge is 2.75. The highest BCUT2D eigenvalue weighted by Crippen LogP contribution is 2.52. The zero-order valence-corrected chi connectivity index (χ0v) is 18.4. The quantitative estimate of drug-likeness (QED) is 0.584. The summed E-state index contributed by atoms with van der Waals surface area (Å²) < 4.78 is 0. The lowest BCUT2D eigenvalue weighted by molar-refractivity contribution is -0.734. The Morgan fingerprint density at radius 2 is 1.72 bits per heavy atom. The third-order valence-corrected chi connectivity index (χ3v) is 7.09. The number of para-hydroxylation sites is 2. The fourth-order valence-corrected chi connectivity index (χ4v) is 6.02. The topological polar surface area (TPSA) is 74.3 Å². The molecule has 6 nitrogen and oxygen atoms in total. The normalized spacial score (nSPS) is 28.7. The number of rotatable bonds is 5. The molecule has 2 N–H and O–H groups in total. The number of anilines is 2. The Morgan fingerprint density at radius 3 is 2.41 bits per heavy atom. The van der Waals surface area contributed by atoms with Gasteiger partial charge in [0.2, 0.25) is 17.4 Å². The summed E-state index contributed by atoms with van der Waals surface area (Å²) in [5.74, 6) is -1.55. The van der Waals surface area contributed by atoms with Crippen molar-refractivity contribution in [3.8, 4) is 0 Å². The van der Waals surface area contributed by atoms with E-state index in [1.54, 1.807) is 23.1 Å². The van der Waals surface area contributed by atoms with Gasteiger partial charge in [0, 0.05) is 18.5 Å². The van der Waals surface area contributed by atoms with Crippen molar-refractivity contribution in [2.75, 3.05) is 16.3 Å². The Kier molecular flexibility index (Phi) is 4.78. The van der Waals surface area contributed by atoms with Crippen LogP contribution < -0.4 is 15.1 Å². The molecule has 3 heterocycles. The van der Waals surface area contributed by atoms with Crippen molar-refractivity contribution < 1.29 is 19.7 Å². The van der Waals surface area contributed by atoms with Crippen molar-refractivity contribution in [3.63, 3.8) is 0 Å². The van der Waals surface area contributed by atoms with E-state index in [1.165, 1.54) is 4.90 Å². The molecule has 2 aromatic rings. The summed E-state index contributed by atoms with van der Waals surface area (Å²) in [5.41, 5.74) is 1.07. The van der Waals surface area contributed by atoms with Crippen LogP contribution in [0.15, 0.2) is 67.3 Å². The average Bonchev–Trinajstić information content (AvgIpc) is 3.33. The molecule has 1 spiro atoms. The minimum absolute atomic E-state index is 0.129. The molecule has 6 heteroatoms. The van der Waals surface area contributed by atoms with E-state index in [-0.39, 0.29) is 23.8 Å². The Hall–Kier alpha value is -3.25. The number of fused-ring (bicyclic) bond motifs is 4. The molecule has 0 unspecified atom stereocenters. The highest BCUT2D eigenvalue weighted by molar-refractivity contribution is 6.25. The second kappa shape index (κ2) is 7.41. The van der Waals surface area contributed by atoms with Crippen LogP contribution in [0.1, 0.15) is 25.8 Å². The van der Waals surface area contributed by atoms with Gasteiger partial charge in [-0.1, -0.05) is 56.3 Å². The first kappa shape index (κ1) is 20.6. The van der Waals surface area contributed by atoms with Crippen LogP contribution in [-0.4, -0.2) is 30.3 Å². The minimum atomic E-state index is -1.12. The summed E-state index contributed by atoms with van der Waals surface area (Å²) in [6.45, 7) is 8.40. The first-order chi connectivity index (χ1) is 15.4. The van der Waals surface area contributed by atoms with Crippen LogP contribution in [0.3, 0.4) is 0 Å². The molecule has 0 saturated carbocycles. The summed E-state index contributed by atoms with van der Waals surface area (Å²) in [6.07, 6.45) is 2.45. The second-order valence-corrected chi connectivity index (χ2v) is 9.40. The zero-order valence-electron chi connectivity index (χ0n) is 18.4. The van der Waals surface area contributed by atoms with E-state index in [9.17, 15) is 14.4 Å². The number of nitrogens with two attached hydrogens (primary N) is 1. The number of nitrogens with zero attached hydrogens (tertiary/aromatic N) is 2. The first-order valence-electron chi connectivity index (χ1n) is 11.2. The molecule has 5 rings (SSSR count). The molecule has 32 heavy (non-hydrogen) atoms. The Morgan fingerprint density at radius 1 is 1.03 bits per heavy atom. The van der Waals surface area contributed by atoms with Crippen molar-refractivity contribution in [2.45, 2.75) is 31.8 Å². The van der Waals surface area contributed by atoms with Gasteiger partial charge in [-0.25, -0.2) is 4.90 Å². The summed E-state index contributed by atoms with van der Waals surface area (Å²) in [4.78, 5) is 44.6. The molecule has 2 aromatic carbocycles. The van der Waals surface area contributed by atoms with Gasteiger partial charge in [0.25, 0.3) is 5.91 Å². The van der Waals surface area contributed by atoms with E-state index >= 15 is 0 Å². The first-order valence-corrected chi connectivity index (χ1v) is 11.2. The molecule has 0 aliphatic carbocycles. The zero-order chi connectivity index (χ0) is 22.6. The Labute approximate surface area is 187 Å². The third kappa shape index (κ3) is 2.65. The predicted octanol–water partition coefficient (Wildman–Crippen LogP) is 2.21. The second-order valence-electron chi connectivity index (χ2n) is 9.40. The molecule has 2 saturated heterocycles. The lowest BCUT2D eigenvalue weighted by Gasteiger charge is -2.27. The maximum Gasteiger partial charge on any atom is 0.294 e. The van der Waals surface area contributed by atoms with Gasteiger partial charge in [-0.3, -0.25) is 14.4 Å². The number of carbonyl (C=O) groups is 3. The van der Waals surface area contributed by atoms with Crippen molar-refractivity contribution >= 4 is 29.1 Å². The molecule has 164 valence electrons. The fourth-order valence-electron chi connectivity index (χ4n) is 6.02. The monoisotopic (exact) mass is 430 g/mol. The molecular weight excluding hydrogens is 402 g/mol. The number of benzene rings is 2. The molecule has 3 aliphatic heterocycles. The Balaban J connectivity index is 1.69. The lowest BCUT2D eigenvalue weighted by Crippen LogP contribution is -2.99. The van der Waals surface area contributed by atoms with Crippen LogP contribution >= 0.6 is 0 Å². The van der Waals surface area contributed by atoms with E-state index in [2.05, 4.69) is 20.4 Å². The lowest BCUT2D eigenvalue weighted by atomic mass is 9.76. The number of quaternary nitrogens is 1. The van der Waals surface area contributed by atoms with Crippen LogP contribution in [0.4, 0.5) is 11.4 Å². The van der Waals surface area contributed by atoms with Gasteiger partial charge in [0.15, 0.2) is 0 Å². The van der Waals surface area contributed by atoms with Crippen molar-refractivity contribution in [1.29, 1.82) is 0 Å². The minimum Gasteiger partial charge on any atom is -0.326 e. The fraction of sp³-hybridized carbons (Fsp3) is 0.346. The number of hydrogen-bond donors (Lipinski definition) is 1.